The highest BCUT2D eigenvalue weighted by Gasteiger charge is 2.24. The molecule has 2 amide bonds. The predicted octanol–water partition coefficient (Wildman–Crippen LogP) is 1.61. The van der Waals surface area contributed by atoms with Crippen LogP contribution >= 0.6 is 0 Å². The zero-order chi connectivity index (χ0) is 18.4. The maximum atomic E-state index is 13.6. The standard InChI is InChI=1S/C19H22FN3O2/c1-13-8-10-15(11-9-13)21-18(24)12-23(3)14(2)19(25)22-17-7-5-4-6-16(17)20/h4-11,14H,12H2,1-3H3,(H,21,24)(H,22,25)/p+1/t14-/m1/s1. The fraction of sp³-hybridized carbons (Fsp3) is 0.263. The van der Waals surface area contributed by atoms with Crippen LogP contribution in [0.4, 0.5) is 15.8 Å². The summed E-state index contributed by atoms with van der Waals surface area (Å²) in [4.78, 5) is 25.1. The van der Waals surface area contributed by atoms with Crippen molar-refractivity contribution in [3.8, 4) is 0 Å². The zero-order valence-corrected chi connectivity index (χ0v) is 14.6. The topological polar surface area (TPSA) is 62.6 Å². The molecule has 0 fully saturated rings. The van der Waals surface area contributed by atoms with Crippen molar-refractivity contribution in [1.29, 1.82) is 0 Å². The first-order valence-corrected chi connectivity index (χ1v) is 8.11. The van der Waals surface area contributed by atoms with Crippen molar-refractivity contribution < 1.29 is 18.9 Å². The average molecular weight is 344 g/mol. The van der Waals surface area contributed by atoms with Gasteiger partial charge in [-0.1, -0.05) is 29.8 Å². The predicted molar refractivity (Wildman–Crippen MR) is 96.1 cm³/mol. The van der Waals surface area contributed by atoms with Gasteiger partial charge in [-0.05, 0) is 38.1 Å². The van der Waals surface area contributed by atoms with Crippen LogP contribution in [0.5, 0.6) is 0 Å². The monoisotopic (exact) mass is 344 g/mol. The number of para-hydroxylation sites is 1. The number of nitrogens with one attached hydrogen (secondary N) is 3. The molecule has 25 heavy (non-hydrogen) atoms. The maximum absolute atomic E-state index is 13.6. The summed E-state index contributed by atoms with van der Waals surface area (Å²) in [6, 6.07) is 13.0. The number of carbonyl (C=O) groups excluding carboxylic acids is 2. The van der Waals surface area contributed by atoms with E-state index >= 15 is 0 Å². The molecule has 132 valence electrons. The molecule has 0 bridgehead atoms. The smallest absolute Gasteiger partial charge is 0.282 e. The minimum atomic E-state index is -0.511. The zero-order valence-electron chi connectivity index (χ0n) is 14.6. The van der Waals surface area contributed by atoms with E-state index in [-0.39, 0.29) is 24.0 Å². The molecule has 0 saturated carbocycles. The number of rotatable bonds is 6. The maximum Gasteiger partial charge on any atom is 0.282 e. The van der Waals surface area contributed by atoms with Gasteiger partial charge in [-0.25, -0.2) is 4.39 Å². The molecule has 0 aliphatic carbocycles. The van der Waals surface area contributed by atoms with Crippen molar-refractivity contribution in [3.63, 3.8) is 0 Å². The molecule has 0 heterocycles. The van der Waals surface area contributed by atoms with E-state index in [0.29, 0.717) is 10.6 Å². The molecule has 2 aromatic carbocycles. The summed E-state index contributed by atoms with van der Waals surface area (Å²) >= 11 is 0. The minimum absolute atomic E-state index is 0.125. The van der Waals surface area contributed by atoms with Crippen molar-refractivity contribution in [1.82, 2.24) is 0 Å². The normalized spacial score (nSPS) is 13.0. The second-order valence-corrected chi connectivity index (χ2v) is 6.13. The van der Waals surface area contributed by atoms with Crippen LogP contribution in [0.25, 0.3) is 0 Å². The Morgan fingerprint density at radius 2 is 1.72 bits per heavy atom. The Hall–Kier alpha value is -2.73. The molecule has 0 aromatic heterocycles. The van der Waals surface area contributed by atoms with Gasteiger partial charge >= 0.3 is 0 Å². The first kappa shape index (κ1) is 18.6. The van der Waals surface area contributed by atoms with E-state index in [1.54, 1.807) is 26.1 Å². The first-order chi connectivity index (χ1) is 11.9. The molecule has 0 aliphatic heterocycles. The number of likely N-dealkylation sites (N-methyl/N-ethyl adjacent to an activating group) is 1. The number of benzene rings is 2. The number of carbonyl (C=O) groups is 2. The van der Waals surface area contributed by atoms with Crippen LogP contribution in [0, 0.1) is 12.7 Å². The third kappa shape index (κ3) is 5.39. The number of quaternary nitrogens is 1. The second kappa shape index (κ2) is 8.39. The Labute approximate surface area is 146 Å². The third-order valence-electron chi connectivity index (χ3n) is 4.04. The Bertz CT molecular complexity index is 747. The highest BCUT2D eigenvalue weighted by Crippen LogP contribution is 2.12. The van der Waals surface area contributed by atoms with Gasteiger partial charge in [0.1, 0.15) is 5.82 Å². The van der Waals surface area contributed by atoms with Crippen LogP contribution in [0.3, 0.4) is 0 Å². The van der Waals surface area contributed by atoms with E-state index in [2.05, 4.69) is 10.6 Å². The quantitative estimate of drug-likeness (QED) is 0.746. The molecule has 1 unspecified atom stereocenters. The van der Waals surface area contributed by atoms with Crippen molar-refractivity contribution >= 4 is 23.2 Å². The Kier molecular flexibility index (Phi) is 6.25. The molecule has 0 saturated heterocycles. The molecule has 0 aliphatic rings. The molecule has 0 spiro atoms. The summed E-state index contributed by atoms with van der Waals surface area (Å²) in [5.74, 6) is -1.02. The fourth-order valence-electron chi connectivity index (χ4n) is 2.28. The van der Waals surface area contributed by atoms with Gasteiger partial charge in [0.15, 0.2) is 12.6 Å². The number of amides is 2. The summed E-state index contributed by atoms with van der Waals surface area (Å²) in [5, 5.41) is 5.35. The molecule has 2 atom stereocenters. The van der Waals surface area contributed by atoms with Gasteiger partial charge < -0.3 is 15.5 Å². The lowest BCUT2D eigenvalue weighted by Crippen LogP contribution is -3.14. The number of anilines is 2. The Morgan fingerprint density at radius 3 is 2.36 bits per heavy atom. The average Bonchev–Trinajstić information content (AvgIpc) is 2.58. The molecule has 2 rings (SSSR count). The van der Waals surface area contributed by atoms with Gasteiger partial charge in [0, 0.05) is 5.69 Å². The number of hydrogen-bond donors (Lipinski definition) is 3. The Balaban J connectivity index is 1.89. The molecule has 0 radical (unpaired) electrons. The lowest BCUT2D eigenvalue weighted by Gasteiger charge is -2.20. The molecule has 6 heteroatoms. The highest BCUT2D eigenvalue weighted by atomic mass is 19.1. The summed E-state index contributed by atoms with van der Waals surface area (Å²) in [6.45, 7) is 3.80. The van der Waals surface area contributed by atoms with E-state index in [1.165, 1.54) is 12.1 Å². The van der Waals surface area contributed by atoms with Gasteiger partial charge in [-0.2, -0.15) is 0 Å². The summed E-state index contributed by atoms with van der Waals surface area (Å²) in [6.07, 6.45) is 0. The van der Waals surface area contributed by atoms with Crippen molar-refractivity contribution in [3.05, 3.63) is 59.9 Å². The molecular weight excluding hydrogens is 321 g/mol. The van der Waals surface area contributed by atoms with E-state index in [9.17, 15) is 14.0 Å². The summed E-state index contributed by atoms with van der Waals surface area (Å²) < 4.78 is 13.6. The highest BCUT2D eigenvalue weighted by molar-refractivity contribution is 5.94. The number of halogens is 1. The second-order valence-electron chi connectivity index (χ2n) is 6.13. The SMILES string of the molecule is Cc1ccc(NC(=O)C[NH+](C)[C@H](C)C(=O)Nc2ccccc2F)cc1. The van der Waals surface area contributed by atoms with Crippen LogP contribution in [-0.2, 0) is 9.59 Å². The molecule has 3 N–H and O–H groups in total. The summed E-state index contributed by atoms with van der Waals surface area (Å²) in [7, 11) is 1.75. The molecule has 5 nitrogen and oxygen atoms in total. The summed E-state index contributed by atoms with van der Waals surface area (Å²) in [5.41, 5.74) is 1.96. The van der Waals surface area contributed by atoms with Gasteiger partial charge in [0.05, 0.1) is 12.7 Å². The largest absolute Gasteiger partial charge is 0.321 e. The van der Waals surface area contributed by atoms with Gasteiger partial charge in [0.2, 0.25) is 0 Å². The van der Waals surface area contributed by atoms with Crippen molar-refractivity contribution in [2.45, 2.75) is 19.9 Å². The fourth-order valence-corrected chi connectivity index (χ4v) is 2.28. The Morgan fingerprint density at radius 1 is 1.08 bits per heavy atom. The molecular formula is C19H23FN3O2+. The van der Waals surface area contributed by atoms with Gasteiger partial charge in [0.25, 0.3) is 11.8 Å². The number of aryl methyl sites for hydroxylation is 1. The van der Waals surface area contributed by atoms with Crippen molar-refractivity contribution in [2.75, 3.05) is 24.2 Å². The van der Waals surface area contributed by atoms with Crippen LogP contribution in [0.1, 0.15) is 12.5 Å². The van der Waals surface area contributed by atoms with Crippen LogP contribution < -0.4 is 15.5 Å². The molecule has 2 aromatic rings. The third-order valence-corrected chi connectivity index (χ3v) is 4.04. The van der Waals surface area contributed by atoms with E-state index < -0.39 is 11.9 Å². The van der Waals surface area contributed by atoms with Crippen molar-refractivity contribution in [2.24, 2.45) is 0 Å². The lowest BCUT2D eigenvalue weighted by atomic mass is 10.2. The van der Waals surface area contributed by atoms with Gasteiger partial charge in [-0.3, -0.25) is 9.59 Å². The van der Waals surface area contributed by atoms with E-state index in [4.69, 9.17) is 0 Å². The minimum Gasteiger partial charge on any atom is -0.321 e. The van der Waals surface area contributed by atoms with Crippen LogP contribution in [0.15, 0.2) is 48.5 Å². The van der Waals surface area contributed by atoms with E-state index in [0.717, 1.165) is 5.56 Å². The number of hydrogen-bond acceptors (Lipinski definition) is 2. The van der Waals surface area contributed by atoms with Crippen LogP contribution in [0.2, 0.25) is 0 Å². The lowest BCUT2D eigenvalue weighted by molar-refractivity contribution is -0.885. The van der Waals surface area contributed by atoms with Gasteiger partial charge in [-0.15, -0.1) is 0 Å². The van der Waals surface area contributed by atoms with Crippen LogP contribution in [-0.4, -0.2) is 31.4 Å². The first-order valence-electron chi connectivity index (χ1n) is 8.11. The van der Waals surface area contributed by atoms with E-state index in [1.807, 2.05) is 31.2 Å².